The quantitative estimate of drug-likeness (QED) is 0.527. The fraction of sp³-hybridized carbons (Fsp3) is 0.130. The molecule has 3 aromatic carbocycles. The van der Waals surface area contributed by atoms with Crippen LogP contribution in [0.3, 0.4) is 0 Å². The van der Waals surface area contributed by atoms with Crippen LogP contribution < -0.4 is 5.32 Å². The van der Waals surface area contributed by atoms with E-state index in [0.29, 0.717) is 0 Å². The van der Waals surface area contributed by atoms with Crippen LogP contribution in [0.2, 0.25) is 0 Å². The fourth-order valence-electron chi connectivity index (χ4n) is 2.63. The van der Waals surface area contributed by atoms with Gasteiger partial charge in [-0.15, -0.1) is 0 Å². The standard InChI is InChI=1S/C23H22FN/c1-16-4-6-19(14-18(16)3)8-9-20-7-5-17(2)23(15-20)25-22-12-10-21(24)11-13-22/h4-15,25H,1-3H3/b9-8+. The van der Waals surface area contributed by atoms with Gasteiger partial charge >= 0.3 is 0 Å². The number of aryl methyl sites for hydroxylation is 3. The lowest BCUT2D eigenvalue weighted by Gasteiger charge is -2.10. The monoisotopic (exact) mass is 331 g/mol. The van der Waals surface area contributed by atoms with Gasteiger partial charge in [0.15, 0.2) is 0 Å². The molecule has 0 aliphatic heterocycles. The second-order valence-corrected chi connectivity index (χ2v) is 6.38. The molecule has 0 radical (unpaired) electrons. The summed E-state index contributed by atoms with van der Waals surface area (Å²) >= 11 is 0. The summed E-state index contributed by atoms with van der Waals surface area (Å²) in [4.78, 5) is 0. The van der Waals surface area contributed by atoms with Crippen molar-refractivity contribution in [1.82, 2.24) is 0 Å². The zero-order valence-corrected chi connectivity index (χ0v) is 14.8. The smallest absolute Gasteiger partial charge is 0.123 e. The molecule has 1 nitrogen and oxygen atoms in total. The number of hydrogen-bond donors (Lipinski definition) is 1. The Kier molecular flexibility index (Phi) is 4.99. The predicted molar refractivity (Wildman–Crippen MR) is 106 cm³/mol. The SMILES string of the molecule is Cc1ccc(/C=C/c2ccc(C)c(Nc3ccc(F)cc3)c2)cc1C. The van der Waals surface area contributed by atoms with E-state index in [9.17, 15) is 4.39 Å². The van der Waals surface area contributed by atoms with Crippen LogP contribution >= 0.6 is 0 Å². The number of halogens is 1. The molecule has 0 atom stereocenters. The van der Waals surface area contributed by atoms with Gasteiger partial charge in [-0.3, -0.25) is 0 Å². The lowest BCUT2D eigenvalue weighted by atomic mass is 10.0. The number of anilines is 2. The van der Waals surface area contributed by atoms with Crippen LogP contribution in [0, 0.1) is 26.6 Å². The van der Waals surface area contributed by atoms with Gasteiger partial charge in [0.1, 0.15) is 5.82 Å². The molecule has 2 heteroatoms. The molecule has 0 heterocycles. The van der Waals surface area contributed by atoms with Crippen LogP contribution in [-0.2, 0) is 0 Å². The molecule has 3 aromatic rings. The first-order valence-electron chi connectivity index (χ1n) is 8.40. The number of benzene rings is 3. The zero-order valence-electron chi connectivity index (χ0n) is 14.8. The highest BCUT2D eigenvalue weighted by Crippen LogP contribution is 2.23. The van der Waals surface area contributed by atoms with E-state index in [2.05, 4.69) is 74.6 Å². The van der Waals surface area contributed by atoms with Gasteiger partial charge in [-0.05, 0) is 78.9 Å². The Labute approximate surface area is 148 Å². The zero-order chi connectivity index (χ0) is 17.8. The van der Waals surface area contributed by atoms with E-state index in [1.165, 1.54) is 28.8 Å². The lowest BCUT2D eigenvalue weighted by molar-refractivity contribution is 0.628. The van der Waals surface area contributed by atoms with E-state index >= 15 is 0 Å². The van der Waals surface area contributed by atoms with Gasteiger partial charge in [0.2, 0.25) is 0 Å². The van der Waals surface area contributed by atoms with Crippen molar-refractivity contribution in [2.45, 2.75) is 20.8 Å². The first-order chi connectivity index (χ1) is 12.0. The Morgan fingerprint density at radius 3 is 1.92 bits per heavy atom. The van der Waals surface area contributed by atoms with E-state index in [0.717, 1.165) is 22.5 Å². The molecule has 0 amide bonds. The second-order valence-electron chi connectivity index (χ2n) is 6.38. The van der Waals surface area contributed by atoms with Crippen molar-refractivity contribution in [3.63, 3.8) is 0 Å². The lowest BCUT2D eigenvalue weighted by Crippen LogP contribution is -1.93. The summed E-state index contributed by atoms with van der Waals surface area (Å²) in [5.41, 5.74) is 7.95. The van der Waals surface area contributed by atoms with Crippen molar-refractivity contribution in [1.29, 1.82) is 0 Å². The predicted octanol–water partition coefficient (Wildman–Crippen LogP) is 6.66. The number of hydrogen-bond acceptors (Lipinski definition) is 1. The number of rotatable bonds is 4. The molecule has 126 valence electrons. The highest BCUT2D eigenvalue weighted by Gasteiger charge is 2.01. The molecule has 0 bridgehead atoms. The highest BCUT2D eigenvalue weighted by molar-refractivity contribution is 5.74. The van der Waals surface area contributed by atoms with Gasteiger partial charge < -0.3 is 5.32 Å². The van der Waals surface area contributed by atoms with Gasteiger partial charge in [-0.1, -0.05) is 42.5 Å². The molecule has 3 rings (SSSR count). The molecule has 0 fully saturated rings. The van der Waals surface area contributed by atoms with Crippen molar-refractivity contribution in [3.05, 3.63) is 94.3 Å². The topological polar surface area (TPSA) is 12.0 Å². The van der Waals surface area contributed by atoms with E-state index in [4.69, 9.17) is 0 Å². The maximum absolute atomic E-state index is 13.0. The minimum atomic E-state index is -0.229. The largest absolute Gasteiger partial charge is 0.355 e. The maximum Gasteiger partial charge on any atom is 0.123 e. The minimum Gasteiger partial charge on any atom is -0.355 e. The Balaban J connectivity index is 1.82. The van der Waals surface area contributed by atoms with E-state index in [-0.39, 0.29) is 5.82 Å². The normalized spacial score (nSPS) is 11.0. The first kappa shape index (κ1) is 17.0. The van der Waals surface area contributed by atoms with E-state index in [1.54, 1.807) is 12.1 Å². The van der Waals surface area contributed by atoms with Crippen molar-refractivity contribution in [2.75, 3.05) is 5.32 Å². The van der Waals surface area contributed by atoms with Crippen LogP contribution in [-0.4, -0.2) is 0 Å². The molecule has 0 aromatic heterocycles. The first-order valence-corrected chi connectivity index (χ1v) is 8.40. The third kappa shape index (κ3) is 4.36. The molecule has 0 saturated heterocycles. The third-order valence-electron chi connectivity index (χ3n) is 4.38. The molecule has 0 unspecified atom stereocenters. The van der Waals surface area contributed by atoms with Crippen molar-refractivity contribution < 1.29 is 4.39 Å². The molecule has 0 aliphatic rings. The van der Waals surface area contributed by atoms with E-state index in [1.807, 2.05) is 0 Å². The van der Waals surface area contributed by atoms with Crippen LogP contribution in [0.15, 0.2) is 60.7 Å². The molecule has 25 heavy (non-hydrogen) atoms. The average Bonchev–Trinajstić information content (AvgIpc) is 2.60. The van der Waals surface area contributed by atoms with Crippen LogP contribution in [0.1, 0.15) is 27.8 Å². The fourth-order valence-corrected chi connectivity index (χ4v) is 2.63. The Hall–Kier alpha value is -2.87. The summed E-state index contributed by atoms with van der Waals surface area (Å²) in [7, 11) is 0. The molecular formula is C23H22FN. The van der Waals surface area contributed by atoms with Crippen LogP contribution in [0.4, 0.5) is 15.8 Å². The molecule has 0 spiro atoms. The molecule has 0 saturated carbocycles. The molecular weight excluding hydrogens is 309 g/mol. The third-order valence-corrected chi connectivity index (χ3v) is 4.38. The van der Waals surface area contributed by atoms with E-state index < -0.39 is 0 Å². The van der Waals surface area contributed by atoms with Crippen molar-refractivity contribution in [2.24, 2.45) is 0 Å². The van der Waals surface area contributed by atoms with Gasteiger partial charge in [0.25, 0.3) is 0 Å². The van der Waals surface area contributed by atoms with Gasteiger partial charge in [-0.25, -0.2) is 4.39 Å². The van der Waals surface area contributed by atoms with Gasteiger partial charge in [-0.2, -0.15) is 0 Å². The summed E-state index contributed by atoms with van der Waals surface area (Å²) in [6, 6.07) is 19.2. The van der Waals surface area contributed by atoms with Crippen molar-refractivity contribution in [3.8, 4) is 0 Å². The maximum atomic E-state index is 13.0. The van der Waals surface area contributed by atoms with Crippen LogP contribution in [0.5, 0.6) is 0 Å². The minimum absolute atomic E-state index is 0.229. The average molecular weight is 331 g/mol. The Morgan fingerprint density at radius 1 is 0.680 bits per heavy atom. The Bertz CT molecular complexity index is 908. The summed E-state index contributed by atoms with van der Waals surface area (Å²) in [6.45, 7) is 6.31. The highest BCUT2D eigenvalue weighted by atomic mass is 19.1. The summed E-state index contributed by atoms with van der Waals surface area (Å²) in [5, 5.41) is 3.35. The summed E-state index contributed by atoms with van der Waals surface area (Å²) in [6.07, 6.45) is 4.23. The Morgan fingerprint density at radius 2 is 1.28 bits per heavy atom. The molecule has 1 N–H and O–H groups in total. The van der Waals surface area contributed by atoms with Gasteiger partial charge in [0.05, 0.1) is 0 Å². The van der Waals surface area contributed by atoms with Gasteiger partial charge in [0, 0.05) is 11.4 Å². The summed E-state index contributed by atoms with van der Waals surface area (Å²) in [5.74, 6) is -0.229. The second kappa shape index (κ2) is 7.35. The summed E-state index contributed by atoms with van der Waals surface area (Å²) < 4.78 is 13.0. The number of nitrogens with one attached hydrogen (secondary N) is 1. The van der Waals surface area contributed by atoms with Crippen LogP contribution in [0.25, 0.3) is 12.2 Å². The van der Waals surface area contributed by atoms with Crippen molar-refractivity contribution >= 4 is 23.5 Å². The molecule has 0 aliphatic carbocycles.